The van der Waals surface area contributed by atoms with Gasteiger partial charge < -0.3 is 9.64 Å². The molecule has 0 bridgehead atoms. The molecule has 0 unspecified atom stereocenters. The van der Waals surface area contributed by atoms with Gasteiger partial charge in [0.05, 0.1) is 6.54 Å². The maximum absolute atomic E-state index is 13.3. The summed E-state index contributed by atoms with van der Waals surface area (Å²) in [5.74, 6) is -0.325. The summed E-state index contributed by atoms with van der Waals surface area (Å²) >= 11 is 0. The van der Waals surface area contributed by atoms with Gasteiger partial charge in [-0.15, -0.1) is 0 Å². The molecule has 0 N–H and O–H groups in total. The first-order chi connectivity index (χ1) is 10.2. The second kappa shape index (κ2) is 6.06. The number of hydrogen-bond donors (Lipinski definition) is 0. The van der Waals surface area contributed by atoms with Gasteiger partial charge >= 0.3 is 0 Å². The molecule has 1 saturated heterocycles. The Bertz CT molecular complexity index is 630. The van der Waals surface area contributed by atoms with Crippen molar-refractivity contribution in [1.29, 1.82) is 0 Å². The van der Waals surface area contributed by atoms with E-state index < -0.39 is 0 Å². The smallest absolute Gasteiger partial charge is 0.249 e. The van der Waals surface area contributed by atoms with Crippen LogP contribution in [0.25, 0.3) is 0 Å². The lowest BCUT2D eigenvalue weighted by Gasteiger charge is -2.33. The zero-order valence-corrected chi connectivity index (χ0v) is 11.5. The van der Waals surface area contributed by atoms with Crippen molar-refractivity contribution in [3.63, 3.8) is 0 Å². The number of carbonyl (C=O) groups excluding carboxylic acids is 1. The minimum atomic E-state index is -0.289. The first-order valence-corrected chi connectivity index (χ1v) is 6.91. The number of amides is 1. The Kier molecular flexibility index (Phi) is 3.97. The summed E-state index contributed by atoms with van der Waals surface area (Å²) < 4.78 is 18.8. The number of benzene rings is 2. The molecule has 3 nitrogen and oxygen atoms in total. The predicted molar refractivity (Wildman–Crippen MR) is 77.0 cm³/mol. The number of ether oxygens (including phenoxy) is 1. The molecule has 2 aromatic carbocycles. The fourth-order valence-electron chi connectivity index (χ4n) is 2.48. The SMILES string of the molecule is O=C1CO[C@H](c2cccc(F)c2)CN1Cc1ccccc1. The average molecular weight is 285 g/mol. The average Bonchev–Trinajstić information content (AvgIpc) is 2.50. The summed E-state index contributed by atoms with van der Waals surface area (Å²) in [6, 6.07) is 16.2. The molecule has 1 atom stereocenters. The van der Waals surface area contributed by atoms with Crippen molar-refractivity contribution in [2.45, 2.75) is 12.6 Å². The number of rotatable bonds is 3. The Balaban J connectivity index is 1.74. The molecular formula is C17H16FNO2. The van der Waals surface area contributed by atoms with Crippen molar-refractivity contribution >= 4 is 5.91 Å². The summed E-state index contributed by atoms with van der Waals surface area (Å²) in [5, 5.41) is 0. The number of hydrogen-bond acceptors (Lipinski definition) is 2. The lowest BCUT2D eigenvalue weighted by Crippen LogP contribution is -2.42. The van der Waals surface area contributed by atoms with Gasteiger partial charge in [-0.25, -0.2) is 4.39 Å². The molecule has 0 saturated carbocycles. The van der Waals surface area contributed by atoms with Crippen LogP contribution in [0.4, 0.5) is 4.39 Å². The summed E-state index contributed by atoms with van der Waals surface area (Å²) in [5.41, 5.74) is 1.84. The van der Waals surface area contributed by atoms with Gasteiger partial charge in [0.1, 0.15) is 18.5 Å². The Morgan fingerprint density at radius 1 is 1.14 bits per heavy atom. The fraction of sp³-hybridized carbons (Fsp3) is 0.235. The van der Waals surface area contributed by atoms with Gasteiger partial charge in [-0.3, -0.25) is 4.79 Å². The quantitative estimate of drug-likeness (QED) is 0.868. The maximum Gasteiger partial charge on any atom is 0.249 e. The van der Waals surface area contributed by atoms with E-state index in [9.17, 15) is 9.18 Å². The van der Waals surface area contributed by atoms with E-state index in [0.29, 0.717) is 13.1 Å². The molecule has 0 radical (unpaired) electrons. The van der Waals surface area contributed by atoms with Gasteiger partial charge in [-0.1, -0.05) is 42.5 Å². The van der Waals surface area contributed by atoms with Crippen molar-refractivity contribution in [2.24, 2.45) is 0 Å². The van der Waals surface area contributed by atoms with Crippen LogP contribution < -0.4 is 0 Å². The molecule has 0 aliphatic carbocycles. The second-order valence-corrected chi connectivity index (χ2v) is 5.11. The van der Waals surface area contributed by atoms with E-state index >= 15 is 0 Å². The van der Waals surface area contributed by atoms with Crippen LogP contribution in [0.3, 0.4) is 0 Å². The largest absolute Gasteiger partial charge is 0.362 e. The molecule has 0 spiro atoms. The Hall–Kier alpha value is -2.20. The lowest BCUT2D eigenvalue weighted by molar-refractivity contribution is -0.150. The molecule has 0 aromatic heterocycles. The van der Waals surface area contributed by atoms with Crippen LogP contribution in [-0.2, 0) is 16.1 Å². The molecule has 1 aliphatic rings. The van der Waals surface area contributed by atoms with Gasteiger partial charge in [-0.05, 0) is 23.3 Å². The van der Waals surface area contributed by atoms with Gasteiger partial charge in [0, 0.05) is 6.54 Å². The normalized spacial score (nSPS) is 18.8. The van der Waals surface area contributed by atoms with Crippen LogP contribution in [0.1, 0.15) is 17.2 Å². The Morgan fingerprint density at radius 3 is 2.71 bits per heavy atom. The highest BCUT2D eigenvalue weighted by Crippen LogP contribution is 2.24. The van der Waals surface area contributed by atoms with E-state index in [1.54, 1.807) is 11.0 Å². The van der Waals surface area contributed by atoms with Crippen LogP contribution in [0, 0.1) is 5.82 Å². The zero-order valence-electron chi connectivity index (χ0n) is 11.5. The molecule has 4 heteroatoms. The lowest BCUT2D eigenvalue weighted by atomic mass is 10.1. The third-order valence-corrected chi connectivity index (χ3v) is 3.58. The third kappa shape index (κ3) is 3.28. The van der Waals surface area contributed by atoms with E-state index in [-0.39, 0.29) is 24.4 Å². The summed E-state index contributed by atoms with van der Waals surface area (Å²) in [6.07, 6.45) is -0.276. The molecule has 1 aliphatic heterocycles. The molecule has 2 aromatic rings. The van der Waals surface area contributed by atoms with Crippen LogP contribution in [0.5, 0.6) is 0 Å². The number of morpholine rings is 1. The third-order valence-electron chi connectivity index (χ3n) is 3.58. The highest BCUT2D eigenvalue weighted by molar-refractivity contribution is 5.78. The topological polar surface area (TPSA) is 29.5 Å². The van der Waals surface area contributed by atoms with E-state index in [1.807, 2.05) is 36.4 Å². The molecule has 21 heavy (non-hydrogen) atoms. The Labute approximate surface area is 123 Å². The van der Waals surface area contributed by atoms with Crippen molar-refractivity contribution in [3.8, 4) is 0 Å². The van der Waals surface area contributed by atoms with E-state index in [4.69, 9.17) is 4.74 Å². The monoisotopic (exact) mass is 285 g/mol. The molecular weight excluding hydrogens is 269 g/mol. The van der Waals surface area contributed by atoms with E-state index in [2.05, 4.69) is 0 Å². The summed E-state index contributed by atoms with van der Waals surface area (Å²) in [4.78, 5) is 13.7. The first kappa shape index (κ1) is 13.8. The van der Waals surface area contributed by atoms with Crippen LogP contribution in [0.2, 0.25) is 0 Å². The maximum atomic E-state index is 13.3. The van der Waals surface area contributed by atoms with Crippen LogP contribution in [0.15, 0.2) is 54.6 Å². The minimum Gasteiger partial charge on any atom is -0.362 e. The van der Waals surface area contributed by atoms with E-state index in [0.717, 1.165) is 11.1 Å². The minimum absolute atomic E-state index is 0.0356. The van der Waals surface area contributed by atoms with Crippen molar-refractivity contribution in [3.05, 3.63) is 71.5 Å². The molecule has 1 amide bonds. The van der Waals surface area contributed by atoms with Crippen molar-refractivity contribution in [1.82, 2.24) is 4.90 Å². The standard InChI is InChI=1S/C17H16FNO2/c18-15-8-4-7-14(9-15)16-11-19(17(20)12-21-16)10-13-5-2-1-3-6-13/h1-9,16H,10-12H2/t16-/m0/s1. The van der Waals surface area contributed by atoms with Gasteiger partial charge in [0.25, 0.3) is 0 Å². The molecule has 1 heterocycles. The van der Waals surface area contributed by atoms with Crippen LogP contribution in [-0.4, -0.2) is 24.0 Å². The summed E-state index contributed by atoms with van der Waals surface area (Å²) in [7, 11) is 0. The second-order valence-electron chi connectivity index (χ2n) is 5.11. The number of carbonyl (C=O) groups is 1. The van der Waals surface area contributed by atoms with Gasteiger partial charge in [-0.2, -0.15) is 0 Å². The fourth-order valence-corrected chi connectivity index (χ4v) is 2.48. The first-order valence-electron chi connectivity index (χ1n) is 6.91. The van der Waals surface area contributed by atoms with E-state index in [1.165, 1.54) is 12.1 Å². The van der Waals surface area contributed by atoms with Gasteiger partial charge in [0.15, 0.2) is 0 Å². The summed E-state index contributed by atoms with van der Waals surface area (Å²) in [6.45, 7) is 1.03. The van der Waals surface area contributed by atoms with Gasteiger partial charge in [0.2, 0.25) is 5.91 Å². The van der Waals surface area contributed by atoms with Crippen molar-refractivity contribution in [2.75, 3.05) is 13.2 Å². The number of nitrogens with zero attached hydrogens (tertiary/aromatic N) is 1. The molecule has 3 rings (SSSR count). The van der Waals surface area contributed by atoms with Crippen LogP contribution >= 0.6 is 0 Å². The number of halogens is 1. The zero-order chi connectivity index (χ0) is 14.7. The molecule has 108 valence electrons. The highest BCUT2D eigenvalue weighted by atomic mass is 19.1. The molecule has 1 fully saturated rings. The predicted octanol–water partition coefficient (Wildman–Crippen LogP) is 2.93. The van der Waals surface area contributed by atoms with Crippen molar-refractivity contribution < 1.29 is 13.9 Å². The highest BCUT2D eigenvalue weighted by Gasteiger charge is 2.27. The Morgan fingerprint density at radius 2 is 1.95 bits per heavy atom.